The summed E-state index contributed by atoms with van der Waals surface area (Å²) in [6, 6.07) is 4.56. The van der Waals surface area contributed by atoms with E-state index in [-0.39, 0.29) is 5.82 Å². The summed E-state index contributed by atoms with van der Waals surface area (Å²) in [6.07, 6.45) is 5.21. The minimum Gasteiger partial charge on any atom is -0.501 e. The maximum atomic E-state index is 13.2. The summed E-state index contributed by atoms with van der Waals surface area (Å²) >= 11 is 5.62. The molecule has 0 aliphatic carbocycles. The molecule has 0 spiro atoms. The smallest absolute Gasteiger partial charge is 0.132 e. The van der Waals surface area contributed by atoms with Crippen molar-refractivity contribution < 1.29 is 9.13 Å². The van der Waals surface area contributed by atoms with Crippen LogP contribution in [0.15, 0.2) is 24.5 Å². The van der Waals surface area contributed by atoms with Gasteiger partial charge in [-0.25, -0.2) is 4.39 Å². The van der Waals surface area contributed by atoms with E-state index >= 15 is 0 Å². The van der Waals surface area contributed by atoms with Crippen molar-refractivity contribution >= 4 is 17.7 Å². The molecule has 0 heterocycles. The summed E-state index contributed by atoms with van der Waals surface area (Å²) in [5.74, 6) is -0.335. The Morgan fingerprint density at radius 2 is 2.27 bits per heavy atom. The lowest BCUT2D eigenvalue weighted by atomic mass is 10.2. The summed E-state index contributed by atoms with van der Waals surface area (Å²) in [5.41, 5.74) is 0.482. The van der Waals surface area contributed by atoms with Gasteiger partial charge in [-0.3, -0.25) is 0 Å². The molecule has 0 amide bonds. The fraction of sp³-hybridized carbons (Fsp3) is 0.333. The first-order valence-electron chi connectivity index (χ1n) is 4.97. The maximum Gasteiger partial charge on any atom is 0.132 e. The van der Waals surface area contributed by atoms with E-state index in [2.05, 4.69) is 6.92 Å². The van der Waals surface area contributed by atoms with E-state index in [0.717, 1.165) is 12.8 Å². The Labute approximate surface area is 94.5 Å². The molecule has 15 heavy (non-hydrogen) atoms. The van der Waals surface area contributed by atoms with Gasteiger partial charge in [-0.05, 0) is 24.6 Å². The average molecular weight is 229 g/mol. The Hall–Kier alpha value is -1.02. The predicted molar refractivity (Wildman–Crippen MR) is 61.3 cm³/mol. The van der Waals surface area contributed by atoms with Gasteiger partial charge in [0.25, 0.3) is 0 Å². The third-order valence-electron chi connectivity index (χ3n) is 1.92. The van der Waals surface area contributed by atoms with Gasteiger partial charge >= 0.3 is 0 Å². The minimum absolute atomic E-state index is 0.335. The van der Waals surface area contributed by atoms with Crippen LogP contribution in [0.5, 0.6) is 0 Å². The quantitative estimate of drug-likeness (QED) is 0.540. The summed E-state index contributed by atoms with van der Waals surface area (Å²) in [7, 11) is 0. The SMILES string of the molecule is CCCCOC=Cc1ccc(Cl)cc1F. The molecule has 0 saturated heterocycles. The number of rotatable bonds is 5. The number of hydrogen-bond donors (Lipinski definition) is 0. The van der Waals surface area contributed by atoms with E-state index in [1.165, 1.54) is 12.3 Å². The van der Waals surface area contributed by atoms with Crippen molar-refractivity contribution in [3.63, 3.8) is 0 Å². The number of benzene rings is 1. The largest absolute Gasteiger partial charge is 0.501 e. The molecule has 1 rings (SSSR count). The van der Waals surface area contributed by atoms with E-state index in [1.807, 2.05) is 0 Å². The first kappa shape index (κ1) is 12.1. The molecule has 0 aliphatic rings. The molecule has 0 atom stereocenters. The van der Waals surface area contributed by atoms with Crippen LogP contribution < -0.4 is 0 Å². The van der Waals surface area contributed by atoms with E-state index in [4.69, 9.17) is 16.3 Å². The van der Waals surface area contributed by atoms with Gasteiger partial charge in [0, 0.05) is 10.6 Å². The van der Waals surface area contributed by atoms with Gasteiger partial charge < -0.3 is 4.74 Å². The highest BCUT2D eigenvalue weighted by Gasteiger charge is 1.98. The van der Waals surface area contributed by atoms with Crippen LogP contribution in [0.2, 0.25) is 5.02 Å². The lowest BCUT2D eigenvalue weighted by Gasteiger charge is -1.99. The van der Waals surface area contributed by atoms with Crippen LogP contribution in [-0.2, 0) is 4.74 Å². The molecule has 0 radical (unpaired) electrons. The molecule has 0 unspecified atom stereocenters. The van der Waals surface area contributed by atoms with Crippen LogP contribution in [0.3, 0.4) is 0 Å². The molecular formula is C12H14ClFO. The molecule has 0 fully saturated rings. The Balaban J connectivity index is 2.49. The molecule has 0 bridgehead atoms. The van der Waals surface area contributed by atoms with Crippen molar-refractivity contribution in [2.24, 2.45) is 0 Å². The highest BCUT2D eigenvalue weighted by atomic mass is 35.5. The van der Waals surface area contributed by atoms with E-state index in [1.54, 1.807) is 18.2 Å². The second-order valence-electron chi connectivity index (χ2n) is 3.19. The van der Waals surface area contributed by atoms with Crippen molar-refractivity contribution in [1.82, 2.24) is 0 Å². The zero-order valence-electron chi connectivity index (χ0n) is 8.67. The molecule has 1 aromatic rings. The first-order chi connectivity index (χ1) is 7.24. The van der Waals surface area contributed by atoms with Crippen LogP contribution in [-0.4, -0.2) is 6.61 Å². The number of hydrogen-bond acceptors (Lipinski definition) is 1. The number of ether oxygens (including phenoxy) is 1. The van der Waals surface area contributed by atoms with Crippen molar-refractivity contribution in [3.05, 3.63) is 40.9 Å². The third-order valence-corrected chi connectivity index (χ3v) is 2.16. The zero-order chi connectivity index (χ0) is 11.1. The summed E-state index contributed by atoms with van der Waals surface area (Å²) < 4.78 is 18.4. The van der Waals surface area contributed by atoms with Gasteiger partial charge in [0.2, 0.25) is 0 Å². The first-order valence-corrected chi connectivity index (χ1v) is 5.35. The minimum atomic E-state index is -0.335. The highest BCUT2D eigenvalue weighted by molar-refractivity contribution is 6.30. The lowest BCUT2D eigenvalue weighted by molar-refractivity contribution is 0.246. The third kappa shape index (κ3) is 4.34. The van der Waals surface area contributed by atoms with E-state index < -0.39 is 0 Å². The monoisotopic (exact) mass is 228 g/mol. The molecule has 82 valence electrons. The summed E-state index contributed by atoms with van der Waals surface area (Å²) in [5, 5.41) is 0.400. The fourth-order valence-corrected chi connectivity index (χ4v) is 1.21. The van der Waals surface area contributed by atoms with Gasteiger partial charge in [-0.15, -0.1) is 0 Å². The normalized spacial score (nSPS) is 10.9. The fourth-order valence-electron chi connectivity index (χ4n) is 1.05. The van der Waals surface area contributed by atoms with Crippen LogP contribution in [0, 0.1) is 5.82 Å². The zero-order valence-corrected chi connectivity index (χ0v) is 9.43. The van der Waals surface area contributed by atoms with Crippen LogP contribution >= 0.6 is 11.6 Å². The summed E-state index contributed by atoms with van der Waals surface area (Å²) in [4.78, 5) is 0. The van der Waals surface area contributed by atoms with Crippen molar-refractivity contribution in [2.75, 3.05) is 6.61 Å². The van der Waals surface area contributed by atoms with Crippen molar-refractivity contribution in [3.8, 4) is 0 Å². The van der Waals surface area contributed by atoms with Crippen LogP contribution in [0.4, 0.5) is 4.39 Å². The number of halogens is 2. The molecular weight excluding hydrogens is 215 g/mol. The van der Waals surface area contributed by atoms with Crippen LogP contribution in [0.25, 0.3) is 6.08 Å². The Morgan fingerprint density at radius 1 is 1.47 bits per heavy atom. The Bertz CT molecular complexity index is 336. The Morgan fingerprint density at radius 3 is 2.93 bits per heavy atom. The maximum absolute atomic E-state index is 13.2. The molecule has 1 aromatic carbocycles. The standard InChI is InChI=1S/C12H14ClFO/c1-2-3-7-15-8-6-10-4-5-11(13)9-12(10)14/h4-6,8-9H,2-3,7H2,1H3. The topological polar surface area (TPSA) is 9.23 Å². The molecule has 3 heteroatoms. The Kier molecular flexibility index (Phi) is 5.19. The van der Waals surface area contributed by atoms with Gasteiger partial charge in [-0.1, -0.05) is 31.0 Å². The molecule has 0 saturated carbocycles. The van der Waals surface area contributed by atoms with Crippen molar-refractivity contribution in [1.29, 1.82) is 0 Å². The number of unbranched alkanes of at least 4 members (excludes halogenated alkanes) is 1. The van der Waals surface area contributed by atoms with Gasteiger partial charge in [0.1, 0.15) is 5.82 Å². The average Bonchev–Trinajstić information content (AvgIpc) is 2.20. The molecule has 0 aliphatic heterocycles. The van der Waals surface area contributed by atoms with Gasteiger partial charge in [-0.2, -0.15) is 0 Å². The lowest BCUT2D eigenvalue weighted by Crippen LogP contribution is -1.86. The van der Waals surface area contributed by atoms with Crippen molar-refractivity contribution in [2.45, 2.75) is 19.8 Å². The molecule has 1 nitrogen and oxygen atoms in total. The second-order valence-corrected chi connectivity index (χ2v) is 3.63. The van der Waals surface area contributed by atoms with Gasteiger partial charge in [0.05, 0.1) is 12.9 Å². The van der Waals surface area contributed by atoms with Crippen LogP contribution in [0.1, 0.15) is 25.3 Å². The van der Waals surface area contributed by atoms with Gasteiger partial charge in [0.15, 0.2) is 0 Å². The summed E-state index contributed by atoms with van der Waals surface area (Å²) in [6.45, 7) is 2.76. The van der Waals surface area contributed by atoms with E-state index in [0.29, 0.717) is 17.2 Å². The van der Waals surface area contributed by atoms with E-state index in [9.17, 15) is 4.39 Å². The predicted octanol–water partition coefficient (Wildman–Crippen LogP) is 4.27. The molecule has 0 N–H and O–H groups in total. The molecule has 0 aromatic heterocycles. The highest BCUT2D eigenvalue weighted by Crippen LogP contribution is 2.15. The second kappa shape index (κ2) is 6.46.